The molecule has 0 spiro atoms. The van der Waals surface area contributed by atoms with Gasteiger partial charge in [0.25, 0.3) is 0 Å². The zero-order valence-corrected chi connectivity index (χ0v) is 17.8. The molecular weight excluding hydrogens is 425 g/mol. The van der Waals surface area contributed by atoms with E-state index in [1.165, 1.54) is 12.1 Å². The number of nitrogens with two attached hydrogens (primary N) is 1. The summed E-state index contributed by atoms with van der Waals surface area (Å²) in [5.41, 5.74) is 2.47. The van der Waals surface area contributed by atoms with Crippen molar-refractivity contribution in [3.8, 4) is 0 Å². The number of thioether (sulfide) groups is 1. The Balaban J connectivity index is 1.96. The van der Waals surface area contributed by atoms with Crippen LogP contribution in [-0.2, 0) is 22.3 Å². The molecule has 0 saturated carbocycles. The number of benzene rings is 2. The SMILES string of the molecule is CCCCn1c(SCc2ccc(Cl)cc2Cl)nc2cc(S(N)(=O)=O)ccc21. The molecular formula is C18H19Cl2N3O2S2. The van der Waals surface area contributed by atoms with E-state index in [1.54, 1.807) is 23.9 Å². The van der Waals surface area contributed by atoms with Crippen LogP contribution in [0.15, 0.2) is 46.5 Å². The molecule has 3 aromatic rings. The molecule has 0 atom stereocenters. The first-order chi connectivity index (χ1) is 12.8. The number of sulfonamides is 1. The van der Waals surface area contributed by atoms with Gasteiger partial charge < -0.3 is 4.57 Å². The molecule has 5 nitrogen and oxygen atoms in total. The lowest BCUT2D eigenvalue weighted by Gasteiger charge is -2.09. The predicted molar refractivity (Wildman–Crippen MR) is 112 cm³/mol. The highest BCUT2D eigenvalue weighted by Gasteiger charge is 2.15. The second kappa shape index (κ2) is 8.41. The van der Waals surface area contributed by atoms with Crippen LogP contribution >= 0.6 is 35.0 Å². The average Bonchev–Trinajstić information content (AvgIpc) is 2.95. The maximum absolute atomic E-state index is 11.6. The summed E-state index contributed by atoms with van der Waals surface area (Å²) in [4.78, 5) is 4.70. The number of aryl methyl sites for hydroxylation is 1. The van der Waals surface area contributed by atoms with Gasteiger partial charge in [0.05, 0.1) is 15.9 Å². The first kappa shape index (κ1) is 20.5. The van der Waals surface area contributed by atoms with Crippen molar-refractivity contribution in [3.05, 3.63) is 52.0 Å². The number of primary sulfonamides is 1. The van der Waals surface area contributed by atoms with Crippen molar-refractivity contribution >= 4 is 56.0 Å². The highest BCUT2D eigenvalue weighted by molar-refractivity contribution is 7.98. The molecule has 144 valence electrons. The molecule has 9 heteroatoms. The third-order valence-corrected chi connectivity index (χ3v) is 6.64. The molecule has 0 radical (unpaired) electrons. The Morgan fingerprint density at radius 3 is 2.63 bits per heavy atom. The monoisotopic (exact) mass is 443 g/mol. The molecule has 2 aromatic carbocycles. The van der Waals surface area contributed by atoms with Crippen LogP contribution in [0.5, 0.6) is 0 Å². The van der Waals surface area contributed by atoms with Crippen molar-refractivity contribution in [1.82, 2.24) is 9.55 Å². The topological polar surface area (TPSA) is 78.0 Å². The van der Waals surface area contributed by atoms with Crippen molar-refractivity contribution < 1.29 is 8.42 Å². The Hall–Kier alpha value is -1.25. The summed E-state index contributed by atoms with van der Waals surface area (Å²) in [6, 6.07) is 10.2. The van der Waals surface area contributed by atoms with Crippen molar-refractivity contribution in [3.63, 3.8) is 0 Å². The van der Waals surface area contributed by atoms with E-state index in [-0.39, 0.29) is 4.90 Å². The van der Waals surface area contributed by atoms with Gasteiger partial charge in [-0.1, -0.05) is 54.4 Å². The highest BCUT2D eigenvalue weighted by atomic mass is 35.5. The summed E-state index contributed by atoms with van der Waals surface area (Å²) < 4.78 is 25.4. The van der Waals surface area contributed by atoms with Gasteiger partial charge in [0, 0.05) is 22.3 Å². The zero-order chi connectivity index (χ0) is 19.6. The molecule has 0 fully saturated rings. The number of fused-ring (bicyclic) bond motifs is 1. The molecule has 1 aromatic heterocycles. The fourth-order valence-corrected chi connectivity index (χ4v) is 4.82. The minimum atomic E-state index is -3.77. The normalized spacial score (nSPS) is 12.0. The smallest absolute Gasteiger partial charge is 0.238 e. The molecule has 27 heavy (non-hydrogen) atoms. The molecule has 3 rings (SSSR count). The van der Waals surface area contributed by atoms with Crippen LogP contribution in [0.3, 0.4) is 0 Å². The van der Waals surface area contributed by atoms with Gasteiger partial charge in [-0.25, -0.2) is 18.5 Å². The van der Waals surface area contributed by atoms with Crippen LogP contribution in [0, 0.1) is 0 Å². The minimum Gasteiger partial charge on any atom is -0.319 e. The summed E-state index contributed by atoms with van der Waals surface area (Å²) >= 11 is 13.8. The second-order valence-electron chi connectivity index (χ2n) is 6.12. The van der Waals surface area contributed by atoms with E-state index in [4.69, 9.17) is 28.3 Å². The third kappa shape index (κ3) is 4.78. The summed E-state index contributed by atoms with van der Waals surface area (Å²) in [7, 11) is -3.77. The van der Waals surface area contributed by atoms with Crippen LogP contribution in [0.2, 0.25) is 10.0 Å². The summed E-state index contributed by atoms with van der Waals surface area (Å²) in [6.45, 7) is 2.93. The van der Waals surface area contributed by atoms with Gasteiger partial charge in [0.15, 0.2) is 5.16 Å². The number of unbranched alkanes of at least 4 members (excludes halogenated alkanes) is 1. The van der Waals surface area contributed by atoms with Gasteiger partial charge in [-0.2, -0.15) is 0 Å². The third-order valence-electron chi connectivity index (χ3n) is 4.12. The summed E-state index contributed by atoms with van der Waals surface area (Å²) in [6.07, 6.45) is 2.04. The molecule has 0 aliphatic rings. The Kier molecular flexibility index (Phi) is 6.38. The largest absolute Gasteiger partial charge is 0.319 e. The number of halogens is 2. The Morgan fingerprint density at radius 2 is 1.96 bits per heavy atom. The summed E-state index contributed by atoms with van der Waals surface area (Å²) in [5, 5.41) is 7.27. The Bertz CT molecular complexity index is 1080. The van der Waals surface area contributed by atoms with Crippen molar-refractivity contribution in [1.29, 1.82) is 0 Å². The van der Waals surface area contributed by atoms with E-state index in [2.05, 4.69) is 16.5 Å². The quantitative estimate of drug-likeness (QED) is 0.516. The van der Waals surface area contributed by atoms with E-state index in [9.17, 15) is 8.42 Å². The lowest BCUT2D eigenvalue weighted by molar-refractivity contribution is 0.597. The molecule has 1 heterocycles. The maximum atomic E-state index is 11.6. The predicted octanol–water partition coefficient (Wildman–Crippen LogP) is 5.08. The first-order valence-electron chi connectivity index (χ1n) is 8.39. The molecule has 0 aliphatic carbocycles. The number of aromatic nitrogens is 2. The number of imidazole rings is 1. The number of hydrogen-bond acceptors (Lipinski definition) is 4. The van der Waals surface area contributed by atoms with E-state index < -0.39 is 10.0 Å². The van der Waals surface area contributed by atoms with E-state index in [0.717, 1.165) is 35.6 Å². The average molecular weight is 444 g/mol. The van der Waals surface area contributed by atoms with Gasteiger partial charge in [-0.3, -0.25) is 0 Å². The van der Waals surface area contributed by atoms with Crippen LogP contribution in [0.1, 0.15) is 25.3 Å². The number of rotatable bonds is 7. The van der Waals surface area contributed by atoms with Crippen molar-refractivity contribution in [2.45, 2.75) is 42.1 Å². The van der Waals surface area contributed by atoms with Crippen molar-refractivity contribution in [2.75, 3.05) is 0 Å². The molecule has 0 amide bonds. The van der Waals surface area contributed by atoms with Crippen LogP contribution in [0.25, 0.3) is 11.0 Å². The number of hydrogen-bond donors (Lipinski definition) is 1. The van der Waals surface area contributed by atoms with Gasteiger partial charge >= 0.3 is 0 Å². The van der Waals surface area contributed by atoms with Crippen LogP contribution in [0.4, 0.5) is 0 Å². The fourth-order valence-electron chi connectivity index (χ4n) is 2.69. The summed E-state index contributed by atoms with van der Waals surface area (Å²) in [5.74, 6) is 0.632. The van der Waals surface area contributed by atoms with Gasteiger partial charge in [0.1, 0.15) is 0 Å². The van der Waals surface area contributed by atoms with Gasteiger partial charge in [-0.15, -0.1) is 0 Å². The van der Waals surface area contributed by atoms with Gasteiger partial charge in [-0.05, 0) is 42.3 Å². The second-order valence-corrected chi connectivity index (χ2v) is 9.47. The van der Waals surface area contributed by atoms with Crippen LogP contribution < -0.4 is 5.14 Å². The van der Waals surface area contributed by atoms with Crippen LogP contribution in [-0.4, -0.2) is 18.0 Å². The highest BCUT2D eigenvalue weighted by Crippen LogP contribution is 2.31. The molecule has 2 N–H and O–H groups in total. The molecule has 0 unspecified atom stereocenters. The van der Waals surface area contributed by atoms with E-state index in [1.807, 2.05) is 12.1 Å². The van der Waals surface area contributed by atoms with E-state index >= 15 is 0 Å². The lowest BCUT2D eigenvalue weighted by Crippen LogP contribution is -2.11. The first-order valence-corrected chi connectivity index (χ1v) is 11.7. The zero-order valence-electron chi connectivity index (χ0n) is 14.7. The Labute approximate surface area is 172 Å². The van der Waals surface area contributed by atoms with E-state index in [0.29, 0.717) is 21.3 Å². The molecule has 0 bridgehead atoms. The lowest BCUT2D eigenvalue weighted by atomic mass is 10.2. The molecule has 0 aliphatic heterocycles. The van der Waals surface area contributed by atoms with Crippen molar-refractivity contribution in [2.24, 2.45) is 5.14 Å². The molecule has 0 saturated heterocycles. The standard InChI is InChI=1S/C18H19Cl2N3O2S2/c1-2-3-8-23-17-7-6-14(27(21,24)25)10-16(17)22-18(23)26-11-12-4-5-13(19)9-15(12)20/h4-7,9-10H,2-3,8,11H2,1H3,(H2,21,24,25). The Morgan fingerprint density at radius 1 is 1.19 bits per heavy atom. The van der Waals surface area contributed by atoms with Gasteiger partial charge in [0.2, 0.25) is 10.0 Å². The fraction of sp³-hybridized carbons (Fsp3) is 0.278. The maximum Gasteiger partial charge on any atom is 0.238 e. The number of nitrogens with zero attached hydrogens (tertiary/aromatic N) is 2. The minimum absolute atomic E-state index is 0.0624.